The molecule has 37 heavy (non-hydrogen) atoms. The number of nitroso groups, excluding NO2 is 1. The fraction of sp³-hybridized carbons (Fsp3) is 0.333. The van der Waals surface area contributed by atoms with Gasteiger partial charge in [0.25, 0.3) is 11.8 Å². The van der Waals surface area contributed by atoms with E-state index < -0.39 is 35.4 Å². The van der Waals surface area contributed by atoms with Crippen LogP contribution in [0.15, 0.2) is 41.7 Å². The number of nitrogens with one attached hydrogen (secondary N) is 1. The summed E-state index contributed by atoms with van der Waals surface area (Å²) in [5, 5.41) is 9.06. The normalized spacial score (nSPS) is 12.2. The number of hydrogen-bond acceptors (Lipinski definition) is 6. The summed E-state index contributed by atoms with van der Waals surface area (Å²) in [6.07, 6.45) is -3.56. The summed E-state index contributed by atoms with van der Waals surface area (Å²) in [5.74, 6) is -1.74. The lowest BCUT2D eigenvalue weighted by molar-refractivity contribution is -0.141. The van der Waals surface area contributed by atoms with E-state index in [1.807, 2.05) is 0 Å². The Bertz CT molecular complexity index is 1340. The Labute approximate surface area is 215 Å². The standard InChI is InChI=1S/C24H24ClF3N6O3/c1-5-33(6-2)23(36)20(32-37)15-11-13(3)10-14(4)19(15)30-22(35)17-12-18(24(26,27)28)31-34(17)21-16(25)8-7-9-29-21/h7-12,20H,5-6H2,1-4H3,(H,30,35). The van der Waals surface area contributed by atoms with E-state index in [4.69, 9.17) is 11.6 Å². The molecule has 2 aromatic heterocycles. The number of anilines is 1. The number of hydrogen-bond donors (Lipinski definition) is 1. The Kier molecular flexibility index (Phi) is 8.32. The minimum atomic E-state index is -4.85. The van der Waals surface area contributed by atoms with Crippen molar-refractivity contribution in [1.29, 1.82) is 0 Å². The molecule has 1 atom stereocenters. The van der Waals surface area contributed by atoms with Crippen molar-refractivity contribution in [3.8, 4) is 5.82 Å². The molecule has 196 valence electrons. The monoisotopic (exact) mass is 536 g/mol. The molecule has 0 spiro atoms. The number of aryl methyl sites for hydroxylation is 2. The molecule has 1 N–H and O–H groups in total. The van der Waals surface area contributed by atoms with E-state index in [0.29, 0.717) is 35.0 Å². The van der Waals surface area contributed by atoms with Crippen LogP contribution >= 0.6 is 11.6 Å². The average molecular weight is 537 g/mol. The number of rotatable bonds is 8. The zero-order valence-corrected chi connectivity index (χ0v) is 21.2. The Morgan fingerprint density at radius 2 is 1.86 bits per heavy atom. The van der Waals surface area contributed by atoms with Gasteiger partial charge in [-0.3, -0.25) is 9.59 Å². The van der Waals surface area contributed by atoms with Gasteiger partial charge in [0.15, 0.2) is 17.6 Å². The lowest BCUT2D eigenvalue weighted by atomic mass is 9.97. The number of amides is 2. The summed E-state index contributed by atoms with van der Waals surface area (Å²) in [6, 6.07) is 5.18. The Morgan fingerprint density at radius 1 is 1.19 bits per heavy atom. The van der Waals surface area contributed by atoms with Crippen LogP contribution in [0.5, 0.6) is 0 Å². The minimum Gasteiger partial charge on any atom is -0.341 e. The van der Waals surface area contributed by atoms with Crippen molar-refractivity contribution in [1.82, 2.24) is 19.7 Å². The van der Waals surface area contributed by atoms with Gasteiger partial charge in [-0.25, -0.2) is 9.67 Å². The lowest BCUT2D eigenvalue weighted by Crippen LogP contribution is -2.34. The van der Waals surface area contributed by atoms with Gasteiger partial charge in [0.05, 0.1) is 10.7 Å². The van der Waals surface area contributed by atoms with Gasteiger partial charge in [-0.1, -0.05) is 34.5 Å². The maximum atomic E-state index is 13.5. The molecule has 2 amide bonds. The van der Waals surface area contributed by atoms with E-state index in [-0.39, 0.29) is 22.1 Å². The van der Waals surface area contributed by atoms with Crippen molar-refractivity contribution < 1.29 is 22.8 Å². The van der Waals surface area contributed by atoms with Crippen molar-refractivity contribution in [3.63, 3.8) is 0 Å². The van der Waals surface area contributed by atoms with Crippen LogP contribution < -0.4 is 5.32 Å². The van der Waals surface area contributed by atoms with E-state index in [1.54, 1.807) is 33.8 Å². The van der Waals surface area contributed by atoms with Crippen molar-refractivity contribution in [3.05, 3.63) is 74.5 Å². The fourth-order valence-corrected chi connectivity index (χ4v) is 4.09. The summed E-state index contributed by atoms with van der Waals surface area (Å²) in [7, 11) is 0. The topological polar surface area (TPSA) is 110 Å². The SMILES string of the molecule is CCN(CC)C(=O)C(N=O)c1cc(C)cc(C)c1NC(=O)c1cc(C(F)(F)F)nn1-c1ncccc1Cl. The largest absolute Gasteiger partial charge is 0.435 e. The molecule has 9 nitrogen and oxygen atoms in total. The van der Waals surface area contributed by atoms with E-state index in [9.17, 15) is 27.7 Å². The number of halogens is 4. The second-order valence-corrected chi connectivity index (χ2v) is 8.56. The van der Waals surface area contributed by atoms with Crippen molar-refractivity contribution >= 4 is 29.1 Å². The second-order valence-electron chi connectivity index (χ2n) is 8.15. The molecular formula is C24H24ClF3N6O3. The van der Waals surface area contributed by atoms with Gasteiger partial charge in [-0.05, 0) is 45.4 Å². The first-order chi connectivity index (χ1) is 17.4. The number of alkyl halides is 3. The number of aromatic nitrogens is 3. The van der Waals surface area contributed by atoms with Crippen LogP contribution in [0.3, 0.4) is 0 Å². The number of carbonyl (C=O) groups is 2. The van der Waals surface area contributed by atoms with Crippen LogP contribution in [0.1, 0.15) is 52.8 Å². The fourth-order valence-electron chi connectivity index (χ4n) is 3.88. The van der Waals surface area contributed by atoms with Gasteiger partial charge >= 0.3 is 6.18 Å². The number of benzene rings is 1. The summed E-state index contributed by atoms with van der Waals surface area (Å²) in [6.45, 7) is 7.52. The summed E-state index contributed by atoms with van der Waals surface area (Å²) in [5.41, 5.74) is -0.475. The van der Waals surface area contributed by atoms with Gasteiger partial charge < -0.3 is 10.2 Å². The van der Waals surface area contributed by atoms with E-state index >= 15 is 0 Å². The first-order valence-corrected chi connectivity index (χ1v) is 11.6. The molecule has 0 radical (unpaired) electrons. The molecule has 0 fully saturated rings. The zero-order valence-electron chi connectivity index (χ0n) is 20.4. The molecular weight excluding hydrogens is 513 g/mol. The molecule has 3 rings (SSSR count). The van der Waals surface area contributed by atoms with E-state index in [0.717, 1.165) is 0 Å². The summed E-state index contributed by atoms with van der Waals surface area (Å²) < 4.78 is 41.2. The zero-order chi connectivity index (χ0) is 27.5. The van der Waals surface area contributed by atoms with Gasteiger partial charge in [-0.2, -0.15) is 18.3 Å². The number of nitrogens with zero attached hydrogens (tertiary/aromatic N) is 5. The van der Waals surface area contributed by atoms with Crippen molar-refractivity contribution in [2.75, 3.05) is 18.4 Å². The highest BCUT2D eigenvalue weighted by Crippen LogP contribution is 2.34. The highest BCUT2D eigenvalue weighted by Gasteiger charge is 2.37. The first kappa shape index (κ1) is 27.8. The van der Waals surface area contributed by atoms with Crippen LogP contribution in [-0.4, -0.2) is 44.6 Å². The highest BCUT2D eigenvalue weighted by atomic mass is 35.5. The molecule has 0 aliphatic heterocycles. The highest BCUT2D eigenvalue weighted by molar-refractivity contribution is 6.32. The Hall–Kier alpha value is -3.80. The number of likely N-dealkylation sites (N-methyl/N-ethyl adjacent to an activating group) is 1. The number of pyridine rings is 1. The van der Waals surface area contributed by atoms with E-state index in [2.05, 4.69) is 20.6 Å². The molecule has 13 heteroatoms. The van der Waals surface area contributed by atoms with Crippen molar-refractivity contribution in [2.45, 2.75) is 39.9 Å². The van der Waals surface area contributed by atoms with Crippen LogP contribution in [0.4, 0.5) is 18.9 Å². The summed E-state index contributed by atoms with van der Waals surface area (Å²) >= 11 is 6.11. The third-order valence-corrected chi connectivity index (χ3v) is 5.93. The maximum Gasteiger partial charge on any atom is 0.435 e. The van der Waals surface area contributed by atoms with Crippen LogP contribution in [0.25, 0.3) is 5.82 Å². The van der Waals surface area contributed by atoms with Gasteiger partial charge in [0.1, 0.15) is 5.69 Å². The predicted molar refractivity (Wildman–Crippen MR) is 132 cm³/mol. The molecule has 1 aromatic carbocycles. The third kappa shape index (κ3) is 5.79. The quantitative estimate of drug-likeness (QED) is 0.383. The predicted octanol–water partition coefficient (Wildman–Crippen LogP) is 5.48. The Morgan fingerprint density at radius 3 is 2.43 bits per heavy atom. The second kappa shape index (κ2) is 11.1. The molecule has 0 saturated carbocycles. The van der Waals surface area contributed by atoms with Crippen molar-refractivity contribution in [2.24, 2.45) is 5.18 Å². The van der Waals surface area contributed by atoms with Gasteiger partial charge in [-0.15, -0.1) is 4.91 Å². The maximum absolute atomic E-state index is 13.5. The smallest absolute Gasteiger partial charge is 0.341 e. The molecule has 0 aliphatic carbocycles. The van der Waals surface area contributed by atoms with Gasteiger partial charge in [0, 0.05) is 30.9 Å². The van der Waals surface area contributed by atoms with E-state index in [1.165, 1.54) is 29.3 Å². The molecule has 0 aliphatic rings. The molecule has 2 heterocycles. The van der Waals surface area contributed by atoms with Gasteiger partial charge in [0.2, 0.25) is 0 Å². The molecule has 1 unspecified atom stereocenters. The summed E-state index contributed by atoms with van der Waals surface area (Å²) in [4.78, 5) is 43.6. The third-order valence-electron chi connectivity index (χ3n) is 5.63. The van der Waals surface area contributed by atoms with Crippen LogP contribution in [0, 0.1) is 18.8 Å². The molecule has 0 saturated heterocycles. The molecule has 3 aromatic rings. The first-order valence-electron chi connectivity index (χ1n) is 11.2. The lowest BCUT2D eigenvalue weighted by Gasteiger charge is -2.24. The minimum absolute atomic E-state index is 0.0318. The molecule has 0 bridgehead atoms. The average Bonchev–Trinajstić information content (AvgIpc) is 3.29. The Balaban J connectivity index is 2.13. The number of carbonyl (C=O) groups excluding carboxylic acids is 2. The van der Waals surface area contributed by atoms with Crippen LogP contribution in [0.2, 0.25) is 5.02 Å². The van der Waals surface area contributed by atoms with Crippen LogP contribution in [-0.2, 0) is 11.0 Å².